The summed E-state index contributed by atoms with van der Waals surface area (Å²) in [7, 11) is -3.69. The molecule has 1 aromatic heterocycles. The number of rotatable bonds is 5. The Morgan fingerprint density at radius 2 is 1.90 bits per heavy atom. The van der Waals surface area contributed by atoms with Crippen LogP contribution in [0, 0.1) is 6.92 Å². The minimum absolute atomic E-state index is 0.0223. The normalized spacial score (nSPS) is 11.3. The van der Waals surface area contributed by atoms with E-state index in [2.05, 4.69) is 9.71 Å². The molecule has 0 bridgehead atoms. The second-order valence-corrected chi connectivity index (χ2v) is 6.22. The Morgan fingerprint density at radius 1 is 1.24 bits per heavy atom. The highest BCUT2D eigenvalue weighted by Crippen LogP contribution is 2.12. The van der Waals surface area contributed by atoms with E-state index in [1.54, 1.807) is 18.5 Å². The molecule has 0 aliphatic heterocycles. The summed E-state index contributed by atoms with van der Waals surface area (Å²) in [5.41, 5.74) is 1.76. The SMILES string of the molecule is Cc1ccncc1CNS(=O)(=O)c1ccc(C(=O)O)cc1. The quantitative estimate of drug-likeness (QED) is 0.874. The molecule has 0 aliphatic rings. The van der Waals surface area contributed by atoms with Gasteiger partial charge in [-0.25, -0.2) is 17.9 Å². The molecule has 0 radical (unpaired) electrons. The number of carboxylic acid groups (broad SMARTS) is 1. The van der Waals surface area contributed by atoms with Gasteiger partial charge in [-0.2, -0.15) is 0 Å². The number of carboxylic acids is 1. The van der Waals surface area contributed by atoms with E-state index in [1.807, 2.05) is 6.92 Å². The van der Waals surface area contributed by atoms with Crippen LogP contribution in [0.5, 0.6) is 0 Å². The predicted octanol–water partition coefficient (Wildman–Crippen LogP) is 1.57. The van der Waals surface area contributed by atoms with Gasteiger partial charge in [-0.3, -0.25) is 4.98 Å². The Labute approximate surface area is 122 Å². The van der Waals surface area contributed by atoms with E-state index in [0.717, 1.165) is 11.1 Å². The van der Waals surface area contributed by atoms with Crippen molar-refractivity contribution >= 4 is 16.0 Å². The number of aromatic nitrogens is 1. The van der Waals surface area contributed by atoms with E-state index >= 15 is 0 Å². The third kappa shape index (κ3) is 3.65. The van der Waals surface area contributed by atoms with E-state index in [4.69, 9.17) is 5.11 Å². The summed E-state index contributed by atoms with van der Waals surface area (Å²) in [6, 6.07) is 6.84. The van der Waals surface area contributed by atoms with Crippen LogP contribution in [0.4, 0.5) is 0 Å². The molecule has 2 N–H and O–H groups in total. The Kier molecular flexibility index (Phi) is 4.35. The third-order valence-electron chi connectivity index (χ3n) is 3.01. The topological polar surface area (TPSA) is 96.4 Å². The van der Waals surface area contributed by atoms with Crippen molar-refractivity contribution in [3.8, 4) is 0 Å². The van der Waals surface area contributed by atoms with Gasteiger partial charge in [0.15, 0.2) is 0 Å². The molecule has 0 aliphatic carbocycles. The highest BCUT2D eigenvalue weighted by Gasteiger charge is 2.15. The summed E-state index contributed by atoms with van der Waals surface area (Å²) in [5, 5.41) is 8.79. The molecule has 21 heavy (non-hydrogen) atoms. The number of hydrogen-bond donors (Lipinski definition) is 2. The van der Waals surface area contributed by atoms with Crippen molar-refractivity contribution in [3.63, 3.8) is 0 Å². The van der Waals surface area contributed by atoms with Gasteiger partial charge < -0.3 is 5.11 Å². The van der Waals surface area contributed by atoms with E-state index in [0.29, 0.717) is 0 Å². The van der Waals surface area contributed by atoms with Crippen LogP contribution in [0.25, 0.3) is 0 Å². The fraction of sp³-hybridized carbons (Fsp3) is 0.143. The summed E-state index contributed by atoms with van der Waals surface area (Å²) in [5.74, 6) is -1.10. The van der Waals surface area contributed by atoms with Gasteiger partial charge in [-0.1, -0.05) is 0 Å². The van der Waals surface area contributed by atoms with Gasteiger partial charge in [-0.15, -0.1) is 0 Å². The van der Waals surface area contributed by atoms with Crippen LogP contribution in [0.15, 0.2) is 47.6 Å². The maximum atomic E-state index is 12.1. The molecule has 0 spiro atoms. The van der Waals surface area contributed by atoms with Crippen LogP contribution in [0.1, 0.15) is 21.5 Å². The molecule has 0 fully saturated rings. The van der Waals surface area contributed by atoms with E-state index in [1.165, 1.54) is 24.3 Å². The summed E-state index contributed by atoms with van der Waals surface area (Å²) in [6.45, 7) is 2.00. The van der Waals surface area contributed by atoms with Crippen molar-refractivity contribution in [2.24, 2.45) is 0 Å². The number of nitrogens with one attached hydrogen (secondary N) is 1. The zero-order valence-corrected chi connectivity index (χ0v) is 12.1. The van der Waals surface area contributed by atoms with Gasteiger partial charge in [0.2, 0.25) is 10.0 Å². The monoisotopic (exact) mass is 306 g/mol. The Morgan fingerprint density at radius 3 is 2.48 bits per heavy atom. The Balaban J connectivity index is 2.15. The molecule has 0 unspecified atom stereocenters. The number of pyridine rings is 1. The summed E-state index contributed by atoms with van der Waals surface area (Å²) >= 11 is 0. The molecule has 1 aromatic carbocycles. The lowest BCUT2D eigenvalue weighted by Crippen LogP contribution is -2.23. The largest absolute Gasteiger partial charge is 0.478 e. The van der Waals surface area contributed by atoms with Crippen molar-refractivity contribution < 1.29 is 18.3 Å². The molecule has 2 aromatic rings. The Bertz CT molecular complexity index is 755. The molecule has 110 valence electrons. The van der Waals surface area contributed by atoms with E-state index < -0.39 is 16.0 Å². The lowest BCUT2D eigenvalue weighted by atomic mass is 10.2. The lowest BCUT2D eigenvalue weighted by molar-refractivity contribution is 0.0696. The van der Waals surface area contributed by atoms with Gasteiger partial charge in [0.25, 0.3) is 0 Å². The lowest BCUT2D eigenvalue weighted by Gasteiger charge is -2.08. The van der Waals surface area contributed by atoms with Gasteiger partial charge in [0, 0.05) is 18.9 Å². The first-order valence-electron chi connectivity index (χ1n) is 6.12. The van der Waals surface area contributed by atoms with Crippen LogP contribution >= 0.6 is 0 Å². The van der Waals surface area contributed by atoms with Crippen LogP contribution < -0.4 is 4.72 Å². The maximum Gasteiger partial charge on any atom is 0.335 e. The fourth-order valence-electron chi connectivity index (χ4n) is 1.71. The molecule has 0 amide bonds. The number of aryl methyl sites for hydroxylation is 1. The minimum Gasteiger partial charge on any atom is -0.478 e. The van der Waals surface area contributed by atoms with Crippen molar-refractivity contribution in [1.29, 1.82) is 0 Å². The molecule has 0 atom stereocenters. The first-order chi connectivity index (χ1) is 9.90. The second kappa shape index (κ2) is 6.02. The highest BCUT2D eigenvalue weighted by atomic mass is 32.2. The molecule has 0 saturated carbocycles. The summed E-state index contributed by atoms with van der Waals surface area (Å²) in [4.78, 5) is 14.7. The molecule has 0 saturated heterocycles. The smallest absolute Gasteiger partial charge is 0.335 e. The van der Waals surface area contributed by atoms with Gasteiger partial charge in [0.1, 0.15) is 0 Å². The first kappa shape index (κ1) is 15.1. The van der Waals surface area contributed by atoms with Gasteiger partial charge in [0.05, 0.1) is 10.5 Å². The van der Waals surface area contributed by atoms with Crippen molar-refractivity contribution in [3.05, 3.63) is 59.4 Å². The van der Waals surface area contributed by atoms with E-state index in [-0.39, 0.29) is 17.0 Å². The molecule has 7 heteroatoms. The predicted molar refractivity (Wildman–Crippen MR) is 76.4 cm³/mol. The molecule has 2 rings (SSSR count). The van der Waals surface area contributed by atoms with Crippen molar-refractivity contribution in [2.75, 3.05) is 0 Å². The molecular formula is C14H14N2O4S. The number of aromatic carboxylic acids is 1. The number of sulfonamides is 1. The molecule has 1 heterocycles. The zero-order chi connectivity index (χ0) is 15.5. The maximum absolute atomic E-state index is 12.1. The minimum atomic E-state index is -3.69. The number of nitrogens with zero attached hydrogens (tertiary/aromatic N) is 1. The molecule has 6 nitrogen and oxygen atoms in total. The first-order valence-corrected chi connectivity index (χ1v) is 7.61. The second-order valence-electron chi connectivity index (χ2n) is 4.46. The average molecular weight is 306 g/mol. The Hall–Kier alpha value is -2.25. The summed E-state index contributed by atoms with van der Waals surface area (Å²) < 4.78 is 26.7. The number of hydrogen-bond acceptors (Lipinski definition) is 4. The van der Waals surface area contributed by atoms with Gasteiger partial charge in [-0.05, 0) is 48.4 Å². The van der Waals surface area contributed by atoms with Gasteiger partial charge >= 0.3 is 5.97 Å². The van der Waals surface area contributed by atoms with E-state index in [9.17, 15) is 13.2 Å². The number of carbonyl (C=O) groups is 1. The average Bonchev–Trinajstić information content (AvgIpc) is 2.46. The summed E-state index contributed by atoms with van der Waals surface area (Å²) in [6.07, 6.45) is 3.24. The van der Waals surface area contributed by atoms with Crippen molar-refractivity contribution in [1.82, 2.24) is 9.71 Å². The molecular weight excluding hydrogens is 292 g/mol. The van der Waals surface area contributed by atoms with Crippen LogP contribution in [0.2, 0.25) is 0 Å². The standard InChI is InChI=1S/C14H14N2O4S/c1-10-6-7-15-8-12(10)9-16-21(19,20)13-4-2-11(3-5-13)14(17)18/h2-8,16H,9H2,1H3,(H,17,18). The highest BCUT2D eigenvalue weighted by molar-refractivity contribution is 7.89. The van der Waals surface area contributed by atoms with Crippen LogP contribution in [0.3, 0.4) is 0 Å². The van der Waals surface area contributed by atoms with Crippen LogP contribution in [-0.4, -0.2) is 24.5 Å². The third-order valence-corrected chi connectivity index (χ3v) is 4.43. The number of benzene rings is 1. The zero-order valence-electron chi connectivity index (χ0n) is 11.3. The fourth-order valence-corrected chi connectivity index (χ4v) is 2.72. The van der Waals surface area contributed by atoms with Crippen molar-refractivity contribution in [2.45, 2.75) is 18.4 Å². The van der Waals surface area contributed by atoms with Crippen LogP contribution in [-0.2, 0) is 16.6 Å².